The highest BCUT2D eigenvalue weighted by atomic mass is 32.1. The SMILES string of the molecule is c1ccc(-c2nc(-c3ccc4ccccc4c3)nc(-c3cc(-n4c5cccc6c5c5c7c(cccc7ccc54)-c4ccccc4-6)c4c(c3)sc3ccccc34)n2)cc1. The molecule has 268 valence electrons. The summed E-state index contributed by atoms with van der Waals surface area (Å²) in [6, 6.07) is 65.5. The van der Waals surface area contributed by atoms with E-state index in [0.29, 0.717) is 17.5 Å². The molecule has 0 aliphatic heterocycles. The Balaban J connectivity index is 1.15. The minimum atomic E-state index is 0.641. The van der Waals surface area contributed by atoms with Gasteiger partial charge in [-0.15, -0.1) is 11.3 Å². The van der Waals surface area contributed by atoms with Crippen LogP contribution in [0.1, 0.15) is 0 Å². The number of benzene rings is 9. The third-order valence-corrected chi connectivity index (χ3v) is 13.1. The van der Waals surface area contributed by atoms with Gasteiger partial charge >= 0.3 is 0 Å². The maximum absolute atomic E-state index is 5.29. The Labute approximate surface area is 337 Å². The zero-order chi connectivity index (χ0) is 37.9. The van der Waals surface area contributed by atoms with Crippen LogP contribution < -0.4 is 0 Å². The Bertz CT molecular complexity index is 3690. The van der Waals surface area contributed by atoms with Gasteiger partial charge in [-0.05, 0) is 80.2 Å². The van der Waals surface area contributed by atoms with Crippen LogP contribution in [0.15, 0.2) is 182 Å². The van der Waals surface area contributed by atoms with Gasteiger partial charge in [-0.2, -0.15) is 0 Å². The van der Waals surface area contributed by atoms with Crippen molar-refractivity contribution in [2.24, 2.45) is 0 Å². The number of rotatable bonds is 4. The zero-order valence-corrected chi connectivity index (χ0v) is 31.8. The van der Waals surface area contributed by atoms with E-state index in [0.717, 1.165) is 27.8 Å². The molecule has 12 aromatic rings. The van der Waals surface area contributed by atoms with Gasteiger partial charge in [0, 0.05) is 47.6 Å². The van der Waals surface area contributed by atoms with Gasteiger partial charge in [0.25, 0.3) is 0 Å². The minimum Gasteiger partial charge on any atom is -0.308 e. The molecule has 3 heterocycles. The van der Waals surface area contributed by atoms with Crippen LogP contribution in [0, 0.1) is 0 Å². The fraction of sp³-hybridized carbons (Fsp3) is 0. The van der Waals surface area contributed by atoms with E-state index in [9.17, 15) is 0 Å². The molecule has 58 heavy (non-hydrogen) atoms. The summed E-state index contributed by atoms with van der Waals surface area (Å²) < 4.78 is 4.94. The van der Waals surface area contributed by atoms with Crippen LogP contribution in [0.4, 0.5) is 0 Å². The number of hydrogen-bond donors (Lipinski definition) is 0. The molecular formula is C53H30N4S. The first-order chi connectivity index (χ1) is 28.7. The highest BCUT2D eigenvalue weighted by molar-refractivity contribution is 7.26. The van der Waals surface area contributed by atoms with Crippen LogP contribution in [-0.4, -0.2) is 19.5 Å². The van der Waals surface area contributed by atoms with E-state index >= 15 is 0 Å². The van der Waals surface area contributed by atoms with Crippen LogP contribution in [0.25, 0.3) is 126 Å². The molecule has 0 saturated carbocycles. The summed E-state index contributed by atoms with van der Waals surface area (Å²) in [5.74, 6) is 1.93. The van der Waals surface area contributed by atoms with Crippen molar-refractivity contribution in [3.63, 3.8) is 0 Å². The van der Waals surface area contributed by atoms with Crippen LogP contribution in [0.2, 0.25) is 0 Å². The molecule has 0 amide bonds. The van der Waals surface area contributed by atoms with Crippen molar-refractivity contribution in [3.8, 4) is 62.1 Å². The number of hydrogen-bond acceptors (Lipinski definition) is 4. The second-order valence-electron chi connectivity index (χ2n) is 15.1. The molecule has 0 fully saturated rings. The summed E-state index contributed by atoms with van der Waals surface area (Å²) in [7, 11) is 0. The van der Waals surface area contributed by atoms with E-state index in [2.05, 4.69) is 168 Å². The van der Waals surface area contributed by atoms with Crippen molar-refractivity contribution in [1.29, 1.82) is 0 Å². The van der Waals surface area contributed by atoms with Crippen molar-refractivity contribution >= 4 is 74.9 Å². The average Bonchev–Trinajstić information content (AvgIpc) is 3.81. The molecule has 0 atom stereocenters. The lowest BCUT2D eigenvalue weighted by molar-refractivity contribution is 1.07. The molecule has 3 aromatic heterocycles. The lowest BCUT2D eigenvalue weighted by Gasteiger charge is -2.16. The Morgan fingerprint density at radius 3 is 1.81 bits per heavy atom. The van der Waals surface area contributed by atoms with Crippen LogP contribution in [0.3, 0.4) is 0 Å². The Morgan fingerprint density at radius 2 is 0.966 bits per heavy atom. The molecular weight excluding hydrogens is 725 g/mol. The lowest BCUT2D eigenvalue weighted by atomic mass is 9.93. The van der Waals surface area contributed by atoms with Gasteiger partial charge in [0.15, 0.2) is 17.5 Å². The van der Waals surface area contributed by atoms with E-state index in [4.69, 9.17) is 15.0 Å². The highest BCUT2D eigenvalue weighted by Crippen LogP contribution is 2.51. The molecule has 4 nitrogen and oxygen atoms in total. The predicted molar refractivity (Wildman–Crippen MR) is 243 cm³/mol. The first-order valence-electron chi connectivity index (χ1n) is 19.6. The molecule has 5 heteroatoms. The Morgan fingerprint density at radius 1 is 0.345 bits per heavy atom. The van der Waals surface area contributed by atoms with Crippen LogP contribution in [-0.2, 0) is 0 Å². The zero-order valence-electron chi connectivity index (χ0n) is 31.0. The number of nitrogens with zero attached hydrogens (tertiary/aromatic N) is 4. The average molecular weight is 755 g/mol. The first-order valence-corrected chi connectivity index (χ1v) is 20.4. The Kier molecular flexibility index (Phi) is 6.57. The topological polar surface area (TPSA) is 43.6 Å². The summed E-state index contributed by atoms with van der Waals surface area (Å²) in [5, 5.41) is 9.92. The van der Waals surface area contributed by atoms with E-state index in [1.54, 1.807) is 0 Å². The Hall–Kier alpha value is -7.47. The van der Waals surface area contributed by atoms with Crippen molar-refractivity contribution in [3.05, 3.63) is 182 Å². The molecule has 1 aliphatic carbocycles. The van der Waals surface area contributed by atoms with Crippen molar-refractivity contribution in [2.45, 2.75) is 0 Å². The summed E-state index contributed by atoms with van der Waals surface area (Å²) in [6.45, 7) is 0. The molecule has 13 rings (SSSR count). The standard InChI is InChI=1S/C53H30N4S/c1-2-13-33(14-3-1)51-54-52(35-25-24-31-12-4-5-15-34(31)28-35)56-53(55-51)36-29-44(48-41-19-8-9-23-45(41)58-46(48)30-36)57-42-22-11-21-40-38-18-7-6-17-37(38)39-20-10-16-32-26-27-43(57)50(47(32)39)49(40)42/h1-30H. The van der Waals surface area contributed by atoms with Crippen LogP contribution >= 0.6 is 11.3 Å². The maximum Gasteiger partial charge on any atom is 0.164 e. The second kappa shape index (κ2) is 12.0. The second-order valence-corrected chi connectivity index (χ2v) is 16.2. The van der Waals surface area contributed by atoms with Crippen LogP contribution in [0.5, 0.6) is 0 Å². The van der Waals surface area contributed by atoms with Crippen molar-refractivity contribution in [1.82, 2.24) is 19.5 Å². The van der Waals surface area contributed by atoms with Gasteiger partial charge < -0.3 is 4.57 Å². The molecule has 0 spiro atoms. The van der Waals surface area contributed by atoms with E-state index in [-0.39, 0.29) is 0 Å². The highest BCUT2D eigenvalue weighted by Gasteiger charge is 2.26. The van der Waals surface area contributed by atoms with E-state index in [1.165, 1.54) is 80.4 Å². The molecule has 0 bridgehead atoms. The van der Waals surface area contributed by atoms with Gasteiger partial charge in [0.05, 0.1) is 16.7 Å². The van der Waals surface area contributed by atoms with E-state index < -0.39 is 0 Å². The lowest BCUT2D eigenvalue weighted by Crippen LogP contribution is -2.01. The molecule has 0 N–H and O–H groups in total. The molecule has 9 aromatic carbocycles. The molecule has 0 saturated heterocycles. The molecule has 1 aliphatic rings. The van der Waals surface area contributed by atoms with Crippen molar-refractivity contribution in [2.75, 3.05) is 0 Å². The molecule has 0 unspecified atom stereocenters. The van der Waals surface area contributed by atoms with Gasteiger partial charge in [0.1, 0.15) is 0 Å². The molecule has 0 radical (unpaired) electrons. The fourth-order valence-corrected chi connectivity index (χ4v) is 10.6. The smallest absolute Gasteiger partial charge is 0.164 e. The summed E-state index contributed by atoms with van der Waals surface area (Å²) in [6.07, 6.45) is 0. The predicted octanol–water partition coefficient (Wildman–Crippen LogP) is 14.3. The quantitative estimate of drug-likeness (QED) is 0.180. The fourth-order valence-electron chi connectivity index (χ4n) is 9.40. The van der Waals surface area contributed by atoms with Gasteiger partial charge in [0.2, 0.25) is 0 Å². The maximum atomic E-state index is 5.29. The third kappa shape index (κ3) is 4.53. The monoisotopic (exact) mass is 754 g/mol. The first kappa shape index (κ1) is 31.7. The third-order valence-electron chi connectivity index (χ3n) is 11.9. The largest absolute Gasteiger partial charge is 0.308 e. The van der Waals surface area contributed by atoms with Gasteiger partial charge in [-0.1, -0.05) is 146 Å². The minimum absolute atomic E-state index is 0.641. The summed E-state index contributed by atoms with van der Waals surface area (Å²) in [5.41, 5.74) is 11.4. The summed E-state index contributed by atoms with van der Waals surface area (Å²) >= 11 is 1.82. The number of fused-ring (bicyclic) bond motifs is 7. The number of thiophene rings is 1. The van der Waals surface area contributed by atoms with Gasteiger partial charge in [-0.3, -0.25) is 0 Å². The van der Waals surface area contributed by atoms with Gasteiger partial charge in [-0.25, -0.2) is 15.0 Å². The number of aromatic nitrogens is 4. The normalized spacial score (nSPS) is 12.1. The van der Waals surface area contributed by atoms with E-state index in [1.807, 2.05) is 29.5 Å². The van der Waals surface area contributed by atoms with Crippen molar-refractivity contribution < 1.29 is 0 Å². The summed E-state index contributed by atoms with van der Waals surface area (Å²) in [4.78, 5) is 15.6.